The minimum Gasteiger partial charge on any atom is -0.481 e. The van der Waals surface area contributed by atoms with E-state index in [1.807, 2.05) is 5.70 Å². The summed E-state index contributed by atoms with van der Waals surface area (Å²) >= 11 is 0. The maximum atomic E-state index is 9.00. The molecule has 0 spiro atoms. The van der Waals surface area contributed by atoms with Gasteiger partial charge in [0.1, 0.15) is 6.61 Å². The number of carboxylic acids is 1. The largest absolute Gasteiger partial charge is 0.481 e. The normalized spacial score (nSPS) is 12.0. The van der Waals surface area contributed by atoms with Crippen molar-refractivity contribution in [2.75, 3.05) is 6.61 Å². The summed E-state index contributed by atoms with van der Waals surface area (Å²) in [5, 5.41) is 17.4. The van der Waals surface area contributed by atoms with Gasteiger partial charge in [0.2, 0.25) is 0 Å². The van der Waals surface area contributed by atoms with Gasteiger partial charge >= 0.3 is 0 Å². The van der Waals surface area contributed by atoms with Gasteiger partial charge in [-0.05, 0) is 12.1 Å². The van der Waals surface area contributed by atoms with Gasteiger partial charge in [-0.2, -0.15) is 0 Å². The van der Waals surface area contributed by atoms with Crippen LogP contribution in [0.15, 0.2) is 36.5 Å². The summed E-state index contributed by atoms with van der Waals surface area (Å²) in [4.78, 5) is 9.00. The molecule has 1 rings (SSSR count). The fraction of sp³-hybridized carbons (Fsp3) is 0.267. The number of carboxylic acid groups (broad SMARTS) is 1. The Morgan fingerprint density at radius 3 is 2.26 bits per heavy atom. The minimum absolute atomic E-state index is 0.0811. The number of hydrogen-bond donors (Lipinski definition) is 2. The third kappa shape index (κ3) is 6.60. The van der Waals surface area contributed by atoms with Crippen LogP contribution in [0.1, 0.15) is 12.5 Å². The van der Waals surface area contributed by atoms with E-state index in [0.717, 1.165) is 6.92 Å². The first kappa shape index (κ1) is 17.2. The van der Waals surface area contributed by atoms with Crippen LogP contribution in [-0.2, 0) is 4.79 Å². The number of carbonyl (C=O) groups is 1. The lowest BCUT2D eigenvalue weighted by molar-refractivity contribution is -0.134. The zero-order valence-electron chi connectivity index (χ0n) is 11.6. The average Bonchev–Trinajstić information content (AvgIpc) is 2.36. The number of aliphatic hydroxyl groups excluding tert-OH is 1. The Morgan fingerprint density at radius 2 is 1.89 bits per heavy atom. The van der Waals surface area contributed by atoms with E-state index in [2.05, 4.69) is 55.8 Å². The molecule has 4 heteroatoms. The maximum Gasteiger partial charge on any atom is 0.300 e. The van der Waals surface area contributed by atoms with E-state index in [1.54, 1.807) is 0 Å². The minimum atomic E-state index is -1.90. The molecule has 1 aromatic rings. The number of benzene rings is 1. The molecule has 0 aliphatic rings. The molecule has 19 heavy (non-hydrogen) atoms. The van der Waals surface area contributed by atoms with Gasteiger partial charge in [-0.25, -0.2) is 0 Å². The van der Waals surface area contributed by atoms with E-state index in [-0.39, 0.29) is 6.61 Å². The first-order chi connectivity index (χ1) is 8.85. The Labute approximate surface area is 115 Å². The molecule has 3 nitrogen and oxygen atoms in total. The van der Waals surface area contributed by atoms with Crippen LogP contribution in [0.3, 0.4) is 0 Å². The van der Waals surface area contributed by atoms with Crippen molar-refractivity contribution < 1.29 is 15.0 Å². The van der Waals surface area contributed by atoms with E-state index >= 15 is 0 Å². The quantitative estimate of drug-likeness (QED) is 0.637. The van der Waals surface area contributed by atoms with E-state index in [9.17, 15) is 0 Å². The standard InChI is InChI=1S/C13H16OSi.C2H4O2/c1-4-15(3,11-5-10-14)13-8-6-12(2)7-9-13;1-2(3)4/h4,6-9,14H,1,10H2,2-3H3;1H3,(H,3,4). The second kappa shape index (κ2) is 8.30. The van der Waals surface area contributed by atoms with E-state index in [0.29, 0.717) is 0 Å². The van der Waals surface area contributed by atoms with Gasteiger partial charge in [-0.3, -0.25) is 4.79 Å². The summed E-state index contributed by atoms with van der Waals surface area (Å²) in [5.41, 5.74) is 6.34. The summed E-state index contributed by atoms with van der Waals surface area (Å²) in [5.74, 6) is 1.92. The molecule has 0 heterocycles. The Kier molecular flexibility index (Phi) is 7.50. The van der Waals surface area contributed by atoms with Gasteiger partial charge in [0.25, 0.3) is 5.97 Å². The third-order valence-electron chi connectivity index (χ3n) is 2.49. The van der Waals surface area contributed by atoms with Crippen LogP contribution in [0.5, 0.6) is 0 Å². The molecule has 0 saturated carbocycles. The number of aliphatic hydroxyl groups is 1. The lowest BCUT2D eigenvalue weighted by Gasteiger charge is -2.16. The summed E-state index contributed by atoms with van der Waals surface area (Å²) in [6.07, 6.45) is 0. The molecule has 2 N–H and O–H groups in total. The van der Waals surface area contributed by atoms with Gasteiger partial charge < -0.3 is 10.2 Å². The van der Waals surface area contributed by atoms with Crippen molar-refractivity contribution in [1.29, 1.82) is 0 Å². The second-order valence-electron chi connectivity index (χ2n) is 4.25. The van der Waals surface area contributed by atoms with Crippen molar-refractivity contribution in [3.8, 4) is 11.5 Å². The average molecular weight is 276 g/mol. The highest BCUT2D eigenvalue weighted by molar-refractivity contribution is 7.01. The summed E-state index contributed by atoms with van der Waals surface area (Å²) in [7, 11) is -1.90. The fourth-order valence-electron chi connectivity index (χ4n) is 1.36. The topological polar surface area (TPSA) is 57.5 Å². The van der Waals surface area contributed by atoms with Crippen LogP contribution in [-0.4, -0.2) is 30.9 Å². The fourth-order valence-corrected chi connectivity index (χ4v) is 3.15. The van der Waals surface area contributed by atoms with Crippen LogP contribution >= 0.6 is 0 Å². The summed E-state index contributed by atoms with van der Waals surface area (Å²) in [6.45, 7) is 9.06. The number of hydrogen-bond acceptors (Lipinski definition) is 2. The van der Waals surface area contributed by atoms with Crippen molar-refractivity contribution in [3.63, 3.8) is 0 Å². The van der Waals surface area contributed by atoms with Crippen LogP contribution in [0.25, 0.3) is 0 Å². The Hall–Kier alpha value is -1.83. The van der Waals surface area contributed by atoms with Gasteiger partial charge in [0, 0.05) is 6.92 Å². The number of aliphatic carboxylic acids is 1. The molecular weight excluding hydrogens is 256 g/mol. The SMILES string of the molecule is C=C[Si](C)(C#CCO)c1ccc(C)cc1.CC(=O)O. The van der Waals surface area contributed by atoms with Crippen molar-refractivity contribution in [2.24, 2.45) is 0 Å². The first-order valence-electron chi connectivity index (χ1n) is 5.87. The first-order valence-corrected chi connectivity index (χ1v) is 8.44. The molecular formula is C15H20O3Si. The predicted molar refractivity (Wildman–Crippen MR) is 80.8 cm³/mol. The Balaban J connectivity index is 0.000000711. The van der Waals surface area contributed by atoms with E-state index in [4.69, 9.17) is 15.0 Å². The van der Waals surface area contributed by atoms with Crippen LogP contribution in [0.4, 0.5) is 0 Å². The third-order valence-corrected chi connectivity index (χ3v) is 5.53. The molecule has 0 fully saturated rings. The molecule has 1 atom stereocenters. The van der Waals surface area contributed by atoms with Crippen molar-refractivity contribution in [1.82, 2.24) is 0 Å². The monoisotopic (exact) mass is 276 g/mol. The van der Waals surface area contributed by atoms with Gasteiger partial charge in [0.05, 0.1) is 0 Å². The lowest BCUT2D eigenvalue weighted by Crippen LogP contribution is -2.41. The molecule has 0 aliphatic carbocycles. The van der Waals surface area contributed by atoms with Crippen LogP contribution in [0, 0.1) is 18.4 Å². The molecule has 0 aromatic heterocycles. The summed E-state index contributed by atoms with van der Waals surface area (Å²) < 4.78 is 0. The lowest BCUT2D eigenvalue weighted by atomic mass is 10.2. The van der Waals surface area contributed by atoms with Gasteiger partial charge in [-0.15, -0.1) is 12.1 Å². The van der Waals surface area contributed by atoms with Crippen molar-refractivity contribution in [3.05, 3.63) is 42.1 Å². The maximum absolute atomic E-state index is 9.00. The number of rotatable bonds is 2. The number of aryl methyl sites for hydroxylation is 1. The van der Waals surface area contributed by atoms with Gasteiger partial charge in [-0.1, -0.05) is 48.0 Å². The second-order valence-corrected chi connectivity index (χ2v) is 7.89. The van der Waals surface area contributed by atoms with Crippen molar-refractivity contribution in [2.45, 2.75) is 20.4 Å². The highest BCUT2D eigenvalue weighted by Crippen LogP contribution is 2.05. The molecule has 0 saturated heterocycles. The molecule has 0 amide bonds. The highest BCUT2D eigenvalue weighted by atomic mass is 28.3. The van der Waals surface area contributed by atoms with Crippen molar-refractivity contribution >= 4 is 19.2 Å². The van der Waals surface area contributed by atoms with E-state index in [1.165, 1.54) is 10.8 Å². The summed E-state index contributed by atoms with van der Waals surface area (Å²) in [6, 6.07) is 8.39. The van der Waals surface area contributed by atoms with E-state index < -0.39 is 14.0 Å². The molecule has 1 unspecified atom stereocenters. The van der Waals surface area contributed by atoms with Gasteiger partial charge in [0.15, 0.2) is 8.07 Å². The molecule has 0 radical (unpaired) electrons. The zero-order valence-corrected chi connectivity index (χ0v) is 12.6. The molecule has 1 aromatic carbocycles. The predicted octanol–water partition coefficient (Wildman–Crippen LogP) is 1.63. The highest BCUT2D eigenvalue weighted by Gasteiger charge is 2.23. The zero-order chi connectivity index (χ0) is 14.9. The Morgan fingerprint density at radius 1 is 1.42 bits per heavy atom. The van der Waals surface area contributed by atoms with Crippen LogP contribution in [0.2, 0.25) is 6.55 Å². The molecule has 102 valence electrons. The molecule has 0 aliphatic heterocycles. The van der Waals surface area contributed by atoms with Crippen LogP contribution < -0.4 is 5.19 Å². The molecule has 0 bridgehead atoms. The smallest absolute Gasteiger partial charge is 0.300 e. The Bertz CT molecular complexity index is 478.